The Hall–Kier alpha value is -3.59. The molecule has 0 unspecified atom stereocenters. The van der Waals surface area contributed by atoms with Gasteiger partial charge in [0.05, 0.1) is 12.2 Å². The number of aliphatic imine (C=N–C) groups is 1. The van der Waals surface area contributed by atoms with E-state index in [0.717, 1.165) is 5.57 Å². The number of nitrogens with two attached hydrogens (primary N) is 1. The van der Waals surface area contributed by atoms with E-state index in [4.69, 9.17) is 15.2 Å². The number of nitriles is 2. The molecule has 0 aliphatic carbocycles. The van der Waals surface area contributed by atoms with Crippen molar-refractivity contribution < 1.29 is 9.47 Å². The average molecular weight is 434 g/mol. The van der Waals surface area contributed by atoms with Gasteiger partial charge in [0.15, 0.2) is 0 Å². The predicted molar refractivity (Wildman–Crippen MR) is 124 cm³/mol. The molecule has 0 saturated carbocycles. The summed E-state index contributed by atoms with van der Waals surface area (Å²) in [5.74, 6) is 1.23. The quantitative estimate of drug-likeness (QED) is 0.256. The van der Waals surface area contributed by atoms with Crippen LogP contribution in [0.2, 0.25) is 0 Å². The van der Waals surface area contributed by atoms with Crippen molar-refractivity contribution in [3.63, 3.8) is 0 Å². The van der Waals surface area contributed by atoms with Crippen LogP contribution >= 0.6 is 11.8 Å². The summed E-state index contributed by atoms with van der Waals surface area (Å²) in [6.07, 6.45) is 5.11. The monoisotopic (exact) mass is 433 g/mol. The number of benzene rings is 1. The van der Waals surface area contributed by atoms with Crippen molar-refractivity contribution in [1.82, 2.24) is 4.98 Å². The lowest BCUT2D eigenvalue weighted by molar-refractivity contribution is 0.146. The summed E-state index contributed by atoms with van der Waals surface area (Å²) in [4.78, 5) is 8.30. The van der Waals surface area contributed by atoms with Crippen LogP contribution in [0.4, 0.5) is 5.82 Å². The van der Waals surface area contributed by atoms with Gasteiger partial charge in [-0.05, 0) is 36.3 Å². The molecular weight excluding hydrogens is 410 g/mol. The Bertz CT molecular complexity index is 1060. The summed E-state index contributed by atoms with van der Waals surface area (Å²) < 4.78 is 10.6. The topological polar surface area (TPSA) is 117 Å². The number of allylic oxidation sites excluding steroid dienone is 1. The van der Waals surface area contributed by atoms with E-state index >= 15 is 0 Å². The highest BCUT2D eigenvalue weighted by Crippen LogP contribution is 2.36. The molecule has 0 aliphatic rings. The van der Waals surface area contributed by atoms with Gasteiger partial charge in [-0.25, -0.2) is 4.98 Å². The van der Waals surface area contributed by atoms with Gasteiger partial charge in [0.1, 0.15) is 40.9 Å². The van der Waals surface area contributed by atoms with Crippen molar-refractivity contribution in [3.05, 3.63) is 59.8 Å². The molecule has 0 bridgehead atoms. The number of hydrogen-bond acceptors (Lipinski definition) is 8. The standard InChI is InChI=1S/C23H23N5O2S/c1-4-27-10-9-16(2)15-31-23-20(14-25)21(19(13-24)22(26)28-23)17-5-7-18(8-6-17)30-12-11-29-3/h4-10H,2,11-12,15H2,1,3H3,(H2,26,28)/b10-9-,27-4?. The zero-order valence-corrected chi connectivity index (χ0v) is 18.3. The second-order valence-corrected chi connectivity index (χ2v) is 7.15. The first-order chi connectivity index (χ1) is 15.0. The summed E-state index contributed by atoms with van der Waals surface area (Å²) >= 11 is 1.33. The molecule has 0 amide bonds. The van der Waals surface area contributed by atoms with Crippen molar-refractivity contribution in [3.8, 4) is 29.0 Å². The van der Waals surface area contributed by atoms with Crippen molar-refractivity contribution in [1.29, 1.82) is 10.5 Å². The van der Waals surface area contributed by atoms with Gasteiger partial charge in [-0.3, -0.25) is 4.99 Å². The van der Waals surface area contributed by atoms with Crippen LogP contribution in [-0.2, 0) is 4.74 Å². The first kappa shape index (κ1) is 23.7. The number of anilines is 1. The predicted octanol–water partition coefficient (Wildman–Crippen LogP) is 4.35. The van der Waals surface area contributed by atoms with Crippen LogP contribution < -0.4 is 10.5 Å². The van der Waals surface area contributed by atoms with Gasteiger partial charge in [-0.15, -0.1) is 11.8 Å². The van der Waals surface area contributed by atoms with E-state index < -0.39 is 0 Å². The number of ether oxygens (including phenoxy) is 2. The van der Waals surface area contributed by atoms with E-state index in [1.165, 1.54) is 11.8 Å². The lowest BCUT2D eigenvalue weighted by atomic mass is 9.97. The van der Waals surface area contributed by atoms with Crippen LogP contribution in [-0.4, -0.2) is 37.3 Å². The molecule has 1 aromatic carbocycles. The normalized spacial score (nSPS) is 10.8. The van der Waals surface area contributed by atoms with Crippen LogP contribution in [0.5, 0.6) is 5.75 Å². The number of pyridine rings is 1. The maximum absolute atomic E-state index is 9.86. The Morgan fingerprint density at radius 2 is 1.94 bits per heavy atom. The van der Waals surface area contributed by atoms with Crippen LogP contribution in [0.3, 0.4) is 0 Å². The van der Waals surface area contributed by atoms with E-state index in [-0.39, 0.29) is 11.4 Å². The molecule has 0 aliphatic heterocycles. The number of nitrogens with zero attached hydrogens (tertiary/aromatic N) is 4. The first-order valence-corrected chi connectivity index (χ1v) is 10.3. The van der Waals surface area contributed by atoms with Gasteiger partial charge >= 0.3 is 0 Å². The molecule has 0 fully saturated rings. The fraction of sp³-hybridized carbons (Fsp3) is 0.217. The van der Waals surface area contributed by atoms with Gasteiger partial charge in [-0.1, -0.05) is 18.7 Å². The van der Waals surface area contributed by atoms with E-state index in [9.17, 15) is 10.5 Å². The maximum atomic E-state index is 9.86. The maximum Gasteiger partial charge on any atom is 0.143 e. The Morgan fingerprint density at radius 1 is 1.23 bits per heavy atom. The van der Waals surface area contributed by atoms with Crippen molar-refractivity contribution >= 4 is 23.8 Å². The molecule has 158 valence electrons. The lowest BCUT2D eigenvalue weighted by Gasteiger charge is -2.13. The molecule has 2 N–H and O–H groups in total. The van der Waals surface area contributed by atoms with E-state index in [1.54, 1.807) is 49.9 Å². The number of hydrogen-bond donors (Lipinski definition) is 1. The van der Waals surface area contributed by atoms with E-state index in [0.29, 0.717) is 46.4 Å². The van der Waals surface area contributed by atoms with Gasteiger partial charge in [0.25, 0.3) is 0 Å². The highest BCUT2D eigenvalue weighted by Gasteiger charge is 2.20. The fourth-order valence-corrected chi connectivity index (χ4v) is 3.47. The minimum atomic E-state index is 0.0798. The highest BCUT2D eigenvalue weighted by molar-refractivity contribution is 7.99. The molecule has 7 nitrogen and oxygen atoms in total. The summed E-state index contributed by atoms with van der Waals surface area (Å²) in [6, 6.07) is 11.4. The number of aromatic nitrogens is 1. The SMILES string of the molecule is C=C(/C=C\N=CC)CSc1nc(N)c(C#N)c(-c2ccc(OCCOC)cc2)c1C#N. The second-order valence-electron chi connectivity index (χ2n) is 6.19. The van der Waals surface area contributed by atoms with Crippen molar-refractivity contribution in [2.75, 3.05) is 31.8 Å². The molecule has 0 saturated heterocycles. The van der Waals surface area contributed by atoms with Gasteiger partial charge in [-0.2, -0.15) is 10.5 Å². The summed E-state index contributed by atoms with van der Waals surface area (Å²) in [5, 5.41) is 20.0. The molecule has 31 heavy (non-hydrogen) atoms. The Morgan fingerprint density at radius 3 is 2.55 bits per heavy atom. The van der Waals surface area contributed by atoms with Gasteiger partial charge < -0.3 is 15.2 Å². The number of nitrogen functional groups attached to an aromatic ring is 1. The molecule has 1 aromatic heterocycles. The van der Waals surface area contributed by atoms with Crippen molar-refractivity contribution in [2.24, 2.45) is 4.99 Å². The smallest absolute Gasteiger partial charge is 0.143 e. The molecule has 2 rings (SSSR count). The van der Waals surface area contributed by atoms with Crippen molar-refractivity contribution in [2.45, 2.75) is 11.9 Å². The van der Waals surface area contributed by atoms with Crippen LogP contribution in [0, 0.1) is 22.7 Å². The van der Waals surface area contributed by atoms with E-state index in [2.05, 4.69) is 28.7 Å². The third kappa shape index (κ3) is 6.45. The molecule has 1 heterocycles. The molecule has 0 spiro atoms. The Labute approximate surface area is 186 Å². The third-order valence-electron chi connectivity index (χ3n) is 4.05. The highest BCUT2D eigenvalue weighted by atomic mass is 32.2. The molecular formula is C23H23N5O2S. The number of thioether (sulfide) groups is 1. The molecule has 8 heteroatoms. The molecule has 0 radical (unpaired) electrons. The zero-order chi connectivity index (χ0) is 22.6. The van der Waals surface area contributed by atoms with Gasteiger partial charge in [0, 0.05) is 30.8 Å². The lowest BCUT2D eigenvalue weighted by Crippen LogP contribution is -2.05. The minimum absolute atomic E-state index is 0.0798. The van der Waals surface area contributed by atoms with E-state index in [1.807, 2.05) is 6.92 Å². The molecule has 2 aromatic rings. The third-order valence-corrected chi connectivity index (χ3v) is 5.14. The van der Waals surface area contributed by atoms with Crippen LogP contribution in [0.15, 0.2) is 58.7 Å². The Kier molecular flexibility index (Phi) is 9.31. The summed E-state index contributed by atoms with van der Waals surface area (Å²) in [7, 11) is 1.60. The molecule has 0 atom stereocenters. The largest absolute Gasteiger partial charge is 0.491 e. The van der Waals surface area contributed by atoms with Crippen LogP contribution in [0.25, 0.3) is 11.1 Å². The second kappa shape index (κ2) is 12.2. The van der Waals surface area contributed by atoms with Gasteiger partial charge in [0.2, 0.25) is 0 Å². The first-order valence-electron chi connectivity index (χ1n) is 9.36. The number of rotatable bonds is 10. The zero-order valence-electron chi connectivity index (χ0n) is 17.5. The number of methoxy groups -OCH3 is 1. The average Bonchev–Trinajstić information content (AvgIpc) is 2.78. The summed E-state index contributed by atoms with van der Waals surface area (Å²) in [6.45, 7) is 6.70. The summed E-state index contributed by atoms with van der Waals surface area (Å²) in [5.41, 5.74) is 8.48. The fourth-order valence-electron chi connectivity index (χ4n) is 2.60. The van der Waals surface area contributed by atoms with Crippen LogP contribution in [0.1, 0.15) is 18.1 Å². The minimum Gasteiger partial charge on any atom is -0.491 e. The Balaban J connectivity index is 2.39.